The smallest absolute Gasteiger partial charge is 0.129 e. The molecule has 3 aromatic carbocycles. The number of ether oxygens (including phenoxy) is 2. The van der Waals surface area contributed by atoms with E-state index in [1.807, 2.05) is 61.7 Å². The van der Waals surface area contributed by atoms with Crippen molar-refractivity contribution in [3.63, 3.8) is 0 Å². The van der Waals surface area contributed by atoms with Gasteiger partial charge in [0.1, 0.15) is 30.3 Å². The molecule has 0 radical (unpaired) electrons. The van der Waals surface area contributed by atoms with Crippen molar-refractivity contribution in [1.82, 2.24) is 10.3 Å². The first kappa shape index (κ1) is 22.9. The Labute approximate surface area is 195 Å². The van der Waals surface area contributed by atoms with Gasteiger partial charge in [-0.3, -0.25) is 0 Å². The molecule has 1 heterocycles. The molecule has 4 rings (SSSR count). The van der Waals surface area contributed by atoms with Crippen LogP contribution < -0.4 is 14.8 Å². The minimum absolute atomic E-state index is 0.00280. The highest BCUT2D eigenvalue weighted by atomic mass is 16.5. The van der Waals surface area contributed by atoms with Crippen molar-refractivity contribution in [2.45, 2.75) is 32.0 Å². The van der Waals surface area contributed by atoms with Crippen molar-refractivity contribution in [2.24, 2.45) is 0 Å². The standard InChI is InChI=1S/C28H32N2O3/c1-21-16-27-26(14-15-30-27)28(17-21)32-20-23(31)18-29-19-25(33-24-10-6-3-7-11-24)13-12-22-8-4-2-5-9-22/h2-11,14-17,23,25,29-31H,12-13,18-20H2,1H3. The molecule has 0 aliphatic heterocycles. The van der Waals surface area contributed by atoms with Crippen LogP contribution in [0.1, 0.15) is 17.5 Å². The van der Waals surface area contributed by atoms with Crippen LogP contribution in [-0.4, -0.2) is 42.0 Å². The number of rotatable bonds is 12. The SMILES string of the molecule is Cc1cc(OCC(O)CNCC(CCc2ccccc2)Oc2ccccc2)c2cc[nH]c2c1. The third kappa shape index (κ3) is 6.85. The van der Waals surface area contributed by atoms with Crippen LogP contribution in [0, 0.1) is 6.92 Å². The van der Waals surface area contributed by atoms with Crippen LogP contribution in [0.3, 0.4) is 0 Å². The van der Waals surface area contributed by atoms with E-state index < -0.39 is 6.10 Å². The Morgan fingerprint density at radius 1 is 0.939 bits per heavy atom. The second-order valence-electron chi connectivity index (χ2n) is 8.40. The number of aromatic nitrogens is 1. The predicted octanol–water partition coefficient (Wildman–Crippen LogP) is 4.89. The number of aryl methyl sites for hydroxylation is 2. The van der Waals surface area contributed by atoms with Crippen molar-refractivity contribution in [3.05, 3.63) is 96.2 Å². The normalized spacial score (nSPS) is 13.0. The lowest BCUT2D eigenvalue weighted by Gasteiger charge is -2.21. The van der Waals surface area contributed by atoms with E-state index in [0.717, 1.165) is 40.8 Å². The second-order valence-corrected chi connectivity index (χ2v) is 8.40. The summed E-state index contributed by atoms with van der Waals surface area (Å²) in [5.74, 6) is 1.65. The molecule has 0 spiro atoms. The van der Waals surface area contributed by atoms with Crippen LogP contribution in [-0.2, 0) is 6.42 Å². The number of fused-ring (bicyclic) bond motifs is 1. The van der Waals surface area contributed by atoms with Crippen molar-refractivity contribution < 1.29 is 14.6 Å². The number of aromatic amines is 1. The molecule has 0 amide bonds. The van der Waals surface area contributed by atoms with E-state index >= 15 is 0 Å². The van der Waals surface area contributed by atoms with E-state index in [-0.39, 0.29) is 12.7 Å². The van der Waals surface area contributed by atoms with Crippen LogP contribution in [0.25, 0.3) is 10.9 Å². The molecular weight excluding hydrogens is 412 g/mol. The molecule has 172 valence electrons. The third-order valence-electron chi connectivity index (χ3n) is 5.60. The van der Waals surface area contributed by atoms with Gasteiger partial charge in [0, 0.05) is 30.2 Å². The minimum Gasteiger partial charge on any atom is -0.490 e. The number of aliphatic hydroxyl groups is 1. The molecule has 5 heteroatoms. The van der Waals surface area contributed by atoms with Gasteiger partial charge in [0.2, 0.25) is 0 Å². The fourth-order valence-electron chi connectivity index (χ4n) is 3.91. The molecule has 0 aliphatic rings. The Hall–Kier alpha value is -3.28. The lowest BCUT2D eigenvalue weighted by atomic mass is 10.1. The highest BCUT2D eigenvalue weighted by molar-refractivity contribution is 5.86. The number of hydrogen-bond acceptors (Lipinski definition) is 4. The van der Waals surface area contributed by atoms with Gasteiger partial charge >= 0.3 is 0 Å². The molecule has 3 N–H and O–H groups in total. The van der Waals surface area contributed by atoms with Gasteiger partial charge in [0.15, 0.2) is 0 Å². The van der Waals surface area contributed by atoms with Gasteiger partial charge in [0.25, 0.3) is 0 Å². The molecule has 0 aliphatic carbocycles. The summed E-state index contributed by atoms with van der Waals surface area (Å²) in [6.07, 6.45) is 3.10. The quantitative estimate of drug-likeness (QED) is 0.291. The highest BCUT2D eigenvalue weighted by Gasteiger charge is 2.13. The van der Waals surface area contributed by atoms with Crippen molar-refractivity contribution in [3.8, 4) is 11.5 Å². The zero-order valence-electron chi connectivity index (χ0n) is 19.0. The fourth-order valence-corrected chi connectivity index (χ4v) is 3.91. The molecule has 2 atom stereocenters. The van der Waals surface area contributed by atoms with Gasteiger partial charge in [-0.1, -0.05) is 48.5 Å². The zero-order valence-corrected chi connectivity index (χ0v) is 19.0. The Kier molecular flexibility index (Phi) is 8.01. The van der Waals surface area contributed by atoms with Gasteiger partial charge in [-0.2, -0.15) is 0 Å². The molecule has 4 aromatic rings. The van der Waals surface area contributed by atoms with Crippen LogP contribution >= 0.6 is 0 Å². The molecule has 0 saturated carbocycles. The monoisotopic (exact) mass is 444 g/mol. The first-order valence-corrected chi connectivity index (χ1v) is 11.5. The minimum atomic E-state index is -0.619. The van der Waals surface area contributed by atoms with Crippen LogP contribution in [0.4, 0.5) is 0 Å². The Morgan fingerprint density at radius 2 is 1.70 bits per heavy atom. The number of hydrogen-bond donors (Lipinski definition) is 3. The highest BCUT2D eigenvalue weighted by Crippen LogP contribution is 2.26. The Bertz CT molecular complexity index is 1110. The first-order chi connectivity index (χ1) is 16.2. The maximum absolute atomic E-state index is 10.5. The van der Waals surface area contributed by atoms with E-state index in [1.165, 1.54) is 5.56 Å². The molecule has 1 aromatic heterocycles. The van der Waals surface area contributed by atoms with Crippen LogP contribution in [0.2, 0.25) is 0 Å². The Morgan fingerprint density at radius 3 is 2.48 bits per heavy atom. The van der Waals surface area contributed by atoms with Crippen LogP contribution in [0.15, 0.2) is 85.1 Å². The molecule has 0 fully saturated rings. The number of benzene rings is 3. The zero-order chi connectivity index (χ0) is 22.9. The fraction of sp³-hybridized carbons (Fsp3) is 0.286. The molecular formula is C28H32N2O3. The number of H-pyrrole nitrogens is 1. The van der Waals surface area contributed by atoms with Gasteiger partial charge < -0.3 is 24.9 Å². The van der Waals surface area contributed by atoms with E-state index in [2.05, 4.69) is 40.6 Å². The molecule has 5 nitrogen and oxygen atoms in total. The van der Waals surface area contributed by atoms with Crippen molar-refractivity contribution in [1.29, 1.82) is 0 Å². The lowest BCUT2D eigenvalue weighted by molar-refractivity contribution is 0.102. The summed E-state index contributed by atoms with van der Waals surface area (Å²) in [7, 11) is 0. The molecule has 0 saturated heterocycles. The number of aliphatic hydroxyl groups excluding tert-OH is 1. The van der Waals surface area contributed by atoms with E-state index in [0.29, 0.717) is 13.1 Å². The maximum Gasteiger partial charge on any atom is 0.129 e. The summed E-state index contributed by atoms with van der Waals surface area (Å²) >= 11 is 0. The van der Waals surface area contributed by atoms with E-state index in [1.54, 1.807) is 0 Å². The second kappa shape index (κ2) is 11.5. The lowest BCUT2D eigenvalue weighted by Crippen LogP contribution is -2.38. The molecule has 0 bridgehead atoms. The largest absolute Gasteiger partial charge is 0.490 e. The number of para-hydroxylation sites is 1. The van der Waals surface area contributed by atoms with Gasteiger partial charge in [-0.05, 0) is 61.2 Å². The third-order valence-corrected chi connectivity index (χ3v) is 5.60. The summed E-state index contributed by atoms with van der Waals surface area (Å²) in [6, 6.07) is 26.4. The van der Waals surface area contributed by atoms with Crippen molar-refractivity contribution in [2.75, 3.05) is 19.7 Å². The first-order valence-electron chi connectivity index (χ1n) is 11.5. The predicted molar refractivity (Wildman–Crippen MR) is 133 cm³/mol. The van der Waals surface area contributed by atoms with E-state index in [9.17, 15) is 5.11 Å². The summed E-state index contributed by atoms with van der Waals surface area (Å²) < 4.78 is 12.2. The topological polar surface area (TPSA) is 66.5 Å². The molecule has 33 heavy (non-hydrogen) atoms. The van der Waals surface area contributed by atoms with Gasteiger partial charge in [-0.15, -0.1) is 0 Å². The maximum atomic E-state index is 10.5. The van der Waals surface area contributed by atoms with Crippen molar-refractivity contribution >= 4 is 10.9 Å². The Balaban J connectivity index is 1.27. The van der Waals surface area contributed by atoms with Gasteiger partial charge in [-0.25, -0.2) is 0 Å². The average molecular weight is 445 g/mol. The molecule has 2 unspecified atom stereocenters. The number of nitrogens with one attached hydrogen (secondary N) is 2. The summed E-state index contributed by atoms with van der Waals surface area (Å²) in [5, 5.41) is 14.9. The van der Waals surface area contributed by atoms with Crippen LogP contribution in [0.5, 0.6) is 11.5 Å². The summed E-state index contributed by atoms with van der Waals surface area (Å²) in [4.78, 5) is 3.21. The summed E-state index contributed by atoms with van der Waals surface area (Å²) in [6.45, 7) is 3.34. The van der Waals surface area contributed by atoms with Gasteiger partial charge in [0.05, 0.1) is 0 Å². The average Bonchev–Trinajstić information content (AvgIpc) is 3.31. The van der Waals surface area contributed by atoms with E-state index in [4.69, 9.17) is 9.47 Å². The summed E-state index contributed by atoms with van der Waals surface area (Å²) in [5.41, 5.74) is 3.45.